The fraction of sp³-hybridized carbons (Fsp3) is 0.150. The summed E-state index contributed by atoms with van der Waals surface area (Å²) in [4.78, 5) is 26.2. The van der Waals surface area contributed by atoms with Crippen molar-refractivity contribution >= 4 is 11.7 Å². The van der Waals surface area contributed by atoms with E-state index < -0.39 is 23.0 Å². The lowest BCUT2D eigenvalue weighted by Gasteiger charge is -2.11. The van der Waals surface area contributed by atoms with Gasteiger partial charge in [-0.15, -0.1) is 13.2 Å². The maximum atomic E-state index is 12.6. The molecule has 0 saturated heterocycles. The molecule has 0 fully saturated rings. The van der Waals surface area contributed by atoms with Crippen LogP contribution < -0.4 is 4.74 Å². The zero-order chi connectivity index (χ0) is 21.9. The third-order valence-corrected chi connectivity index (χ3v) is 4.10. The Morgan fingerprint density at radius 3 is 2.57 bits per heavy atom. The second-order valence-electron chi connectivity index (χ2n) is 6.02. The minimum Gasteiger partial charge on any atom is -0.462 e. The molecule has 3 rings (SSSR count). The zero-order valence-electron chi connectivity index (χ0n) is 15.5. The molecule has 0 saturated carbocycles. The summed E-state index contributed by atoms with van der Waals surface area (Å²) in [6.07, 6.45) is -3.58. The Morgan fingerprint density at radius 2 is 1.90 bits per heavy atom. The normalized spacial score (nSPS) is 11.2. The topological polar surface area (TPSA) is 94.5 Å². The van der Waals surface area contributed by atoms with Gasteiger partial charge in [-0.1, -0.05) is 24.3 Å². The number of aromatic nitrogens is 1. The minimum atomic E-state index is -4.88. The first-order chi connectivity index (χ1) is 14.2. The SMILES string of the molecule is CCOC(=O)c1c[nH]c(-c2cccc(OC(F)(F)F)c2)c1-c1ccccc1[N+](=O)[O-]. The van der Waals surface area contributed by atoms with Gasteiger partial charge < -0.3 is 14.5 Å². The molecular formula is C20H15F3N2O5. The number of hydrogen-bond donors (Lipinski definition) is 1. The molecule has 1 heterocycles. The van der Waals surface area contributed by atoms with Crippen LogP contribution in [0.25, 0.3) is 22.4 Å². The number of carbonyl (C=O) groups is 1. The summed E-state index contributed by atoms with van der Waals surface area (Å²) in [5.74, 6) is -1.20. The second kappa shape index (κ2) is 8.27. The third-order valence-electron chi connectivity index (χ3n) is 4.10. The van der Waals surface area contributed by atoms with E-state index in [1.54, 1.807) is 13.0 Å². The zero-order valence-corrected chi connectivity index (χ0v) is 15.5. The van der Waals surface area contributed by atoms with Crippen LogP contribution in [0.1, 0.15) is 17.3 Å². The van der Waals surface area contributed by atoms with Crippen LogP contribution in [-0.2, 0) is 4.74 Å². The Bertz CT molecular complexity index is 1090. The Kier molecular flexibility index (Phi) is 5.77. The standard InChI is InChI=1S/C20H15F3N2O5/c1-2-29-19(26)15-11-24-18(12-6-5-7-13(10-12)30-20(21,22)23)17(15)14-8-3-4-9-16(14)25(27)28/h3-11,24H,2H2,1H3. The highest BCUT2D eigenvalue weighted by molar-refractivity contribution is 6.03. The van der Waals surface area contributed by atoms with E-state index in [1.165, 1.54) is 36.5 Å². The molecule has 156 valence electrons. The molecule has 1 aromatic heterocycles. The fourth-order valence-electron chi connectivity index (χ4n) is 2.99. The number of H-pyrrole nitrogens is 1. The van der Waals surface area contributed by atoms with E-state index in [2.05, 4.69) is 9.72 Å². The average Bonchev–Trinajstić information content (AvgIpc) is 3.12. The molecular weight excluding hydrogens is 405 g/mol. The monoisotopic (exact) mass is 420 g/mol. The lowest BCUT2D eigenvalue weighted by Crippen LogP contribution is -2.17. The fourth-order valence-corrected chi connectivity index (χ4v) is 2.99. The van der Waals surface area contributed by atoms with E-state index in [0.29, 0.717) is 0 Å². The van der Waals surface area contributed by atoms with Crippen molar-refractivity contribution in [3.8, 4) is 28.1 Å². The van der Waals surface area contributed by atoms with E-state index in [4.69, 9.17) is 4.74 Å². The van der Waals surface area contributed by atoms with Gasteiger partial charge in [-0.2, -0.15) is 0 Å². The van der Waals surface area contributed by atoms with Gasteiger partial charge in [0.05, 0.1) is 28.4 Å². The van der Waals surface area contributed by atoms with Gasteiger partial charge in [0.1, 0.15) is 5.75 Å². The smallest absolute Gasteiger partial charge is 0.462 e. The van der Waals surface area contributed by atoms with Gasteiger partial charge in [0.15, 0.2) is 0 Å². The second-order valence-corrected chi connectivity index (χ2v) is 6.02. The van der Waals surface area contributed by atoms with Crippen LogP contribution in [0.5, 0.6) is 5.75 Å². The predicted molar refractivity (Wildman–Crippen MR) is 101 cm³/mol. The van der Waals surface area contributed by atoms with Crippen molar-refractivity contribution in [2.75, 3.05) is 6.61 Å². The molecule has 0 atom stereocenters. The largest absolute Gasteiger partial charge is 0.573 e. The highest BCUT2D eigenvalue weighted by Gasteiger charge is 2.31. The number of carbonyl (C=O) groups excluding carboxylic acids is 1. The van der Waals surface area contributed by atoms with Gasteiger partial charge >= 0.3 is 12.3 Å². The van der Waals surface area contributed by atoms with Gasteiger partial charge in [0.25, 0.3) is 5.69 Å². The number of nitro groups is 1. The molecule has 0 spiro atoms. The lowest BCUT2D eigenvalue weighted by atomic mass is 9.96. The Morgan fingerprint density at radius 1 is 1.17 bits per heavy atom. The average molecular weight is 420 g/mol. The molecule has 0 radical (unpaired) electrons. The van der Waals surface area contributed by atoms with Gasteiger partial charge in [-0.3, -0.25) is 10.1 Å². The molecule has 0 unspecified atom stereocenters. The molecule has 1 N–H and O–H groups in total. The minimum absolute atomic E-state index is 0.0169. The molecule has 2 aromatic carbocycles. The number of aromatic amines is 1. The Balaban J connectivity index is 2.22. The third kappa shape index (κ3) is 4.43. The maximum absolute atomic E-state index is 12.6. The van der Waals surface area contributed by atoms with Crippen LogP contribution >= 0.6 is 0 Å². The van der Waals surface area contributed by atoms with Gasteiger partial charge in [0, 0.05) is 23.4 Å². The van der Waals surface area contributed by atoms with Crippen molar-refractivity contribution in [3.05, 3.63) is 70.4 Å². The first kappa shape index (κ1) is 20.9. The van der Waals surface area contributed by atoms with E-state index in [0.717, 1.165) is 12.1 Å². The summed E-state index contributed by atoms with van der Waals surface area (Å²) >= 11 is 0. The van der Waals surface area contributed by atoms with E-state index in [9.17, 15) is 28.1 Å². The summed E-state index contributed by atoms with van der Waals surface area (Å²) in [5.41, 5.74) is 0.448. The highest BCUT2D eigenvalue weighted by Crippen LogP contribution is 2.40. The Labute approximate surface area is 168 Å². The molecule has 0 bridgehead atoms. The number of nitrogens with one attached hydrogen (secondary N) is 1. The summed E-state index contributed by atoms with van der Waals surface area (Å²) in [7, 11) is 0. The number of halogens is 3. The highest BCUT2D eigenvalue weighted by atomic mass is 19.4. The molecule has 0 amide bonds. The number of nitrogens with zero attached hydrogens (tertiary/aromatic N) is 1. The van der Waals surface area contributed by atoms with Crippen molar-refractivity contribution in [1.29, 1.82) is 0 Å². The van der Waals surface area contributed by atoms with Crippen molar-refractivity contribution in [2.45, 2.75) is 13.3 Å². The van der Waals surface area contributed by atoms with E-state index >= 15 is 0 Å². The number of rotatable bonds is 6. The van der Waals surface area contributed by atoms with Crippen LogP contribution in [0, 0.1) is 10.1 Å². The van der Waals surface area contributed by atoms with Crippen molar-refractivity contribution in [1.82, 2.24) is 4.98 Å². The maximum Gasteiger partial charge on any atom is 0.573 e. The van der Waals surface area contributed by atoms with Gasteiger partial charge in [0.2, 0.25) is 0 Å². The van der Waals surface area contributed by atoms with Crippen LogP contribution in [-0.4, -0.2) is 28.8 Å². The summed E-state index contributed by atoms with van der Waals surface area (Å²) in [5, 5.41) is 11.5. The predicted octanol–water partition coefficient (Wildman–Crippen LogP) is 5.33. The number of esters is 1. The molecule has 30 heavy (non-hydrogen) atoms. The molecule has 0 aliphatic carbocycles. The number of ether oxygens (including phenoxy) is 2. The molecule has 3 aromatic rings. The molecule has 0 aliphatic heterocycles. The van der Waals surface area contributed by atoms with Crippen LogP contribution in [0.2, 0.25) is 0 Å². The van der Waals surface area contributed by atoms with Crippen molar-refractivity contribution in [2.24, 2.45) is 0 Å². The number of para-hydroxylation sites is 1. The van der Waals surface area contributed by atoms with Crippen LogP contribution in [0.4, 0.5) is 18.9 Å². The summed E-state index contributed by atoms with van der Waals surface area (Å²) in [6.45, 7) is 1.68. The number of hydrogen-bond acceptors (Lipinski definition) is 5. The number of nitro benzene ring substituents is 1. The Hall–Kier alpha value is -3.82. The molecule has 0 aliphatic rings. The van der Waals surface area contributed by atoms with E-state index in [-0.39, 0.29) is 40.2 Å². The van der Waals surface area contributed by atoms with Crippen LogP contribution in [0.15, 0.2) is 54.7 Å². The molecule has 10 heteroatoms. The quantitative estimate of drug-likeness (QED) is 0.330. The number of alkyl halides is 3. The summed E-state index contributed by atoms with van der Waals surface area (Å²) < 4.78 is 46.7. The van der Waals surface area contributed by atoms with Crippen LogP contribution in [0.3, 0.4) is 0 Å². The van der Waals surface area contributed by atoms with Crippen molar-refractivity contribution in [3.63, 3.8) is 0 Å². The van der Waals surface area contributed by atoms with Crippen molar-refractivity contribution < 1.29 is 32.4 Å². The van der Waals surface area contributed by atoms with Gasteiger partial charge in [-0.25, -0.2) is 4.79 Å². The molecule has 7 nitrogen and oxygen atoms in total. The number of benzene rings is 2. The lowest BCUT2D eigenvalue weighted by molar-refractivity contribution is -0.384. The van der Waals surface area contributed by atoms with Gasteiger partial charge in [-0.05, 0) is 25.1 Å². The van der Waals surface area contributed by atoms with E-state index in [1.807, 2.05) is 0 Å². The summed E-state index contributed by atoms with van der Waals surface area (Å²) in [6, 6.07) is 10.8. The first-order valence-electron chi connectivity index (χ1n) is 8.69. The first-order valence-corrected chi connectivity index (χ1v) is 8.69.